The summed E-state index contributed by atoms with van der Waals surface area (Å²) in [6.07, 6.45) is 0. The predicted octanol–water partition coefficient (Wildman–Crippen LogP) is 3.77. The number of anilines is 1. The number of nitrogens with one attached hydrogen (secondary N) is 1. The number of aromatic amines is 1. The number of carbonyl (C=O) groups is 1. The van der Waals surface area contributed by atoms with Crippen molar-refractivity contribution in [1.82, 2.24) is 30.3 Å². The summed E-state index contributed by atoms with van der Waals surface area (Å²) in [7, 11) is 0. The maximum atomic E-state index is 12.9. The lowest BCUT2D eigenvalue weighted by Crippen LogP contribution is -2.05. The summed E-state index contributed by atoms with van der Waals surface area (Å²) in [6.45, 7) is 0. The van der Waals surface area contributed by atoms with Gasteiger partial charge < -0.3 is 15.8 Å². The van der Waals surface area contributed by atoms with Gasteiger partial charge in [-0.3, -0.25) is 4.79 Å². The van der Waals surface area contributed by atoms with E-state index in [0.717, 1.165) is 4.47 Å². The molecule has 1 amide bonds. The zero-order chi connectivity index (χ0) is 22.2. The minimum atomic E-state index is -0.783. The van der Waals surface area contributed by atoms with Crippen molar-refractivity contribution in [1.29, 1.82) is 0 Å². The number of nitrogens with zero attached hydrogens (tertiary/aromatic N) is 7. The highest BCUT2D eigenvalue weighted by molar-refractivity contribution is 9.10. The third kappa shape index (κ3) is 3.30. The average Bonchev–Trinajstić information content (AvgIpc) is 3.49. The molecular weight excluding hydrogens is 482 g/mol. The second kappa shape index (κ2) is 7.70. The molecule has 32 heavy (non-hydrogen) atoms. The minimum Gasteiger partial charge on any atom is -0.493 e. The first kappa shape index (κ1) is 19.6. The lowest BCUT2D eigenvalue weighted by molar-refractivity contribution is 0.0991. The molecule has 0 spiro atoms. The maximum Gasteiger partial charge on any atom is 0.318 e. The zero-order valence-corrected chi connectivity index (χ0v) is 17.6. The van der Waals surface area contributed by atoms with E-state index >= 15 is 0 Å². The molecule has 2 aromatic carbocycles. The molecule has 0 saturated heterocycles. The number of nitrogens with two attached hydrogens (primary N) is 1. The molecule has 158 valence electrons. The standard InChI is InChI=1S/C19H12BrN9O3/c20-10-6-7-12-11(8-10)13(18(30)22-12)23-25-19(31)14-15(9-4-2-1-3-5-9)29(28-24-14)17-16(21)26-32-27-17/h1-8,22,30H,(H2,21,26). The first-order valence-corrected chi connectivity index (χ1v) is 9.88. The van der Waals surface area contributed by atoms with Crippen molar-refractivity contribution in [2.45, 2.75) is 0 Å². The summed E-state index contributed by atoms with van der Waals surface area (Å²) in [5, 5.41) is 33.7. The number of amides is 1. The highest BCUT2D eigenvalue weighted by Gasteiger charge is 2.25. The van der Waals surface area contributed by atoms with Crippen molar-refractivity contribution in [2.24, 2.45) is 10.2 Å². The van der Waals surface area contributed by atoms with E-state index in [-0.39, 0.29) is 34.6 Å². The molecular formula is C19H12BrN9O3. The number of aromatic hydroxyl groups is 1. The van der Waals surface area contributed by atoms with Crippen LogP contribution in [-0.2, 0) is 0 Å². The van der Waals surface area contributed by atoms with Crippen LogP contribution in [0.15, 0.2) is 67.9 Å². The van der Waals surface area contributed by atoms with Crippen LogP contribution in [0.1, 0.15) is 10.5 Å². The topological polar surface area (TPSA) is 173 Å². The highest BCUT2D eigenvalue weighted by Crippen LogP contribution is 2.37. The molecule has 0 radical (unpaired) electrons. The Balaban J connectivity index is 1.59. The average molecular weight is 494 g/mol. The van der Waals surface area contributed by atoms with E-state index in [9.17, 15) is 9.90 Å². The molecule has 0 saturated carbocycles. The Hall–Kier alpha value is -4.39. The number of azo groups is 1. The van der Waals surface area contributed by atoms with Gasteiger partial charge in [-0.05, 0) is 28.5 Å². The third-order valence-electron chi connectivity index (χ3n) is 4.57. The van der Waals surface area contributed by atoms with Gasteiger partial charge in [0.25, 0.3) is 0 Å². The Labute approximate surface area is 186 Å². The number of nitrogen functional groups attached to an aromatic ring is 1. The van der Waals surface area contributed by atoms with Crippen molar-refractivity contribution >= 4 is 44.2 Å². The number of fused-ring (bicyclic) bond motifs is 1. The Kier molecular flexibility index (Phi) is 4.71. The smallest absolute Gasteiger partial charge is 0.318 e. The molecule has 5 aromatic rings. The molecule has 0 aliphatic heterocycles. The second-order valence-corrected chi connectivity index (χ2v) is 7.47. The van der Waals surface area contributed by atoms with Crippen molar-refractivity contribution in [3.05, 3.63) is 58.7 Å². The SMILES string of the molecule is Nc1nonc1-n1nnc(C(=O)N=Nc2c(O)[nH]c3ccc(Br)cc23)c1-c1ccccc1. The molecule has 0 aliphatic carbocycles. The molecule has 0 aliphatic rings. The van der Waals surface area contributed by atoms with Crippen molar-refractivity contribution in [3.8, 4) is 23.0 Å². The summed E-state index contributed by atoms with van der Waals surface area (Å²) >= 11 is 3.37. The van der Waals surface area contributed by atoms with Crippen molar-refractivity contribution in [3.63, 3.8) is 0 Å². The van der Waals surface area contributed by atoms with Gasteiger partial charge in [-0.1, -0.05) is 51.5 Å². The highest BCUT2D eigenvalue weighted by atomic mass is 79.9. The molecule has 3 aromatic heterocycles. The number of hydrogen-bond acceptors (Lipinski definition) is 9. The normalized spacial score (nSPS) is 11.5. The van der Waals surface area contributed by atoms with Crippen LogP contribution in [0.3, 0.4) is 0 Å². The molecule has 3 heterocycles. The number of benzene rings is 2. The van der Waals surface area contributed by atoms with Gasteiger partial charge >= 0.3 is 5.91 Å². The van der Waals surface area contributed by atoms with Gasteiger partial charge in [-0.15, -0.1) is 15.3 Å². The van der Waals surface area contributed by atoms with Crippen LogP contribution in [0.25, 0.3) is 28.0 Å². The number of aromatic nitrogens is 6. The van der Waals surface area contributed by atoms with Gasteiger partial charge in [0.2, 0.25) is 17.5 Å². The van der Waals surface area contributed by atoms with Crippen LogP contribution < -0.4 is 5.73 Å². The van der Waals surface area contributed by atoms with E-state index in [1.807, 2.05) is 6.07 Å². The fraction of sp³-hybridized carbons (Fsp3) is 0. The van der Waals surface area contributed by atoms with Gasteiger partial charge in [0, 0.05) is 15.4 Å². The van der Waals surface area contributed by atoms with Crippen LogP contribution in [0, 0.1) is 0 Å². The Morgan fingerprint density at radius 2 is 2.00 bits per heavy atom. The van der Waals surface area contributed by atoms with Crippen LogP contribution >= 0.6 is 15.9 Å². The lowest BCUT2D eigenvalue weighted by Gasteiger charge is -2.04. The number of carbonyl (C=O) groups excluding carboxylic acids is 1. The summed E-state index contributed by atoms with van der Waals surface area (Å²) in [4.78, 5) is 15.7. The Morgan fingerprint density at radius 1 is 1.19 bits per heavy atom. The lowest BCUT2D eigenvalue weighted by atomic mass is 10.1. The fourth-order valence-electron chi connectivity index (χ4n) is 3.15. The Bertz CT molecular complexity index is 1490. The maximum absolute atomic E-state index is 12.9. The summed E-state index contributed by atoms with van der Waals surface area (Å²) in [5.41, 5.74) is 7.34. The first-order chi connectivity index (χ1) is 15.5. The molecule has 0 bridgehead atoms. The van der Waals surface area contributed by atoms with Crippen LogP contribution in [0.5, 0.6) is 5.88 Å². The Morgan fingerprint density at radius 3 is 2.75 bits per heavy atom. The predicted molar refractivity (Wildman–Crippen MR) is 116 cm³/mol. The summed E-state index contributed by atoms with van der Waals surface area (Å²) < 4.78 is 6.66. The van der Waals surface area contributed by atoms with E-state index in [2.05, 4.69) is 56.4 Å². The number of H-pyrrole nitrogens is 1. The van der Waals surface area contributed by atoms with E-state index in [0.29, 0.717) is 16.5 Å². The van der Waals surface area contributed by atoms with Crippen molar-refractivity contribution < 1.29 is 14.5 Å². The quantitative estimate of drug-likeness (QED) is 0.317. The summed E-state index contributed by atoms with van der Waals surface area (Å²) in [5.74, 6) is -0.953. The first-order valence-electron chi connectivity index (χ1n) is 9.08. The van der Waals surface area contributed by atoms with E-state index in [1.165, 1.54) is 4.68 Å². The summed E-state index contributed by atoms with van der Waals surface area (Å²) in [6, 6.07) is 14.2. The minimum absolute atomic E-state index is 0.0259. The van der Waals surface area contributed by atoms with Gasteiger partial charge in [-0.25, -0.2) is 4.63 Å². The molecule has 4 N–H and O–H groups in total. The number of rotatable bonds is 4. The second-order valence-electron chi connectivity index (χ2n) is 6.55. The van der Waals surface area contributed by atoms with Gasteiger partial charge in [0.15, 0.2) is 11.4 Å². The molecule has 13 heteroatoms. The monoisotopic (exact) mass is 493 g/mol. The van der Waals surface area contributed by atoms with Gasteiger partial charge in [0.1, 0.15) is 5.69 Å². The number of hydrogen-bond donors (Lipinski definition) is 3. The third-order valence-corrected chi connectivity index (χ3v) is 5.06. The van der Waals surface area contributed by atoms with Crippen LogP contribution in [0.2, 0.25) is 0 Å². The van der Waals surface area contributed by atoms with E-state index in [4.69, 9.17) is 5.73 Å². The van der Waals surface area contributed by atoms with E-state index < -0.39 is 5.91 Å². The van der Waals surface area contributed by atoms with E-state index in [1.54, 1.807) is 42.5 Å². The number of halogens is 1. The van der Waals surface area contributed by atoms with Crippen LogP contribution in [0.4, 0.5) is 11.5 Å². The van der Waals surface area contributed by atoms with Gasteiger partial charge in [-0.2, -0.15) is 4.68 Å². The molecule has 12 nitrogen and oxygen atoms in total. The molecule has 0 atom stereocenters. The van der Waals surface area contributed by atoms with Crippen LogP contribution in [-0.4, -0.2) is 41.3 Å². The zero-order valence-electron chi connectivity index (χ0n) is 16.0. The van der Waals surface area contributed by atoms with Crippen molar-refractivity contribution in [2.75, 3.05) is 5.73 Å². The fourth-order valence-corrected chi connectivity index (χ4v) is 3.51. The molecule has 5 rings (SSSR count). The molecule has 0 fully saturated rings. The largest absolute Gasteiger partial charge is 0.493 e. The van der Waals surface area contributed by atoms with Gasteiger partial charge in [0.05, 0.1) is 5.52 Å². The molecule has 0 unspecified atom stereocenters.